The zero-order valence-electron chi connectivity index (χ0n) is 10.7. The Morgan fingerprint density at radius 3 is 3.10 bits per heavy atom. The quantitative estimate of drug-likeness (QED) is 0.778. The van der Waals surface area contributed by atoms with Crippen molar-refractivity contribution in [3.8, 4) is 11.4 Å². The molecule has 2 aromatic heterocycles. The molecule has 20 heavy (non-hydrogen) atoms. The summed E-state index contributed by atoms with van der Waals surface area (Å²) in [6.07, 6.45) is 0.974. The van der Waals surface area contributed by atoms with E-state index in [-0.39, 0.29) is 5.92 Å². The van der Waals surface area contributed by atoms with Crippen molar-refractivity contribution >= 4 is 17.0 Å². The van der Waals surface area contributed by atoms with Gasteiger partial charge in [-0.25, -0.2) is 0 Å². The molecule has 1 unspecified atom stereocenters. The molecule has 0 amide bonds. The standard InChI is InChI=1S/C15H13N3OS/c1-2-4-13-11(3-1)12(5-7-16-13)15-17-14(18-19-15)10-6-8-20-9-10/h1-4,6,8-9,12,16H,5,7H2. The van der Waals surface area contributed by atoms with Crippen LogP contribution in [0, 0.1) is 0 Å². The van der Waals surface area contributed by atoms with Crippen molar-refractivity contribution in [1.29, 1.82) is 0 Å². The molecule has 1 atom stereocenters. The van der Waals surface area contributed by atoms with Crippen LogP contribution in [0.2, 0.25) is 0 Å². The van der Waals surface area contributed by atoms with E-state index in [2.05, 4.69) is 33.7 Å². The summed E-state index contributed by atoms with van der Waals surface area (Å²) in [5.74, 6) is 1.57. The molecule has 0 spiro atoms. The van der Waals surface area contributed by atoms with Gasteiger partial charge in [0, 0.05) is 23.2 Å². The number of hydrogen-bond donors (Lipinski definition) is 1. The molecule has 1 aliphatic rings. The molecule has 0 fully saturated rings. The summed E-state index contributed by atoms with van der Waals surface area (Å²) in [6, 6.07) is 10.3. The molecule has 0 saturated heterocycles. The molecule has 0 aliphatic carbocycles. The van der Waals surface area contributed by atoms with Crippen LogP contribution >= 0.6 is 11.3 Å². The lowest BCUT2D eigenvalue weighted by Gasteiger charge is -2.23. The fourth-order valence-electron chi connectivity index (χ4n) is 2.61. The monoisotopic (exact) mass is 283 g/mol. The summed E-state index contributed by atoms with van der Waals surface area (Å²) in [4.78, 5) is 4.58. The number of rotatable bonds is 2. The molecular formula is C15H13N3OS. The number of nitrogens with zero attached hydrogens (tertiary/aromatic N) is 2. The Hall–Kier alpha value is -2.14. The van der Waals surface area contributed by atoms with Gasteiger partial charge in [0.1, 0.15) is 0 Å². The van der Waals surface area contributed by atoms with E-state index in [1.807, 2.05) is 22.9 Å². The molecule has 4 nitrogen and oxygen atoms in total. The van der Waals surface area contributed by atoms with Crippen LogP contribution in [0.15, 0.2) is 45.6 Å². The van der Waals surface area contributed by atoms with Crippen LogP contribution in [0.3, 0.4) is 0 Å². The maximum Gasteiger partial charge on any atom is 0.234 e. The first kappa shape index (κ1) is 11.7. The summed E-state index contributed by atoms with van der Waals surface area (Å²) in [6.45, 7) is 0.928. The predicted octanol–water partition coefficient (Wildman–Crippen LogP) is 3.75. The summed E-state index contributed by atoms with van der Waals surface area (Å²) in [5, 5.41) is 11.6. The first-order valence-electron chi connectivity index (χ1n) is 6.61. The average molecular weight is 283 g/mol. The van der Waals surface area contributed by atoms with E-state index in [4.69, 9.17) is 4.52 Å². The van der Waals surface area contributed by atoms with Crippen LogP contribution in [-0.2, 0) is 0 Å². The van der Waals surface area contributed by atoms with Gasteiger partial charge in [-0.3, -0.25) is 0 Å². The van der Waals surface area contributed by atoms with Gasteiger partial charge in [-0.2, -0.15) is 16.3 Å². The number of hydrogen-bond acceptors (Lipinski definition) is 5. The summed E-state index contributed by atoms with van der Waals surface area (Å²) >= 11 is 1.64. The van der Waals surface area contributed by atoms with Crippen LogP contribution in [0.5, 0.6) is 0 Å². The summed E-state index contributed by atoms with van der Waals surface area (Å²) in [7, 11) is 0. The van der Waals surface area contributed by atoms with Gasteiger partial charge in [0.2, 0.25) is 11.7 Å². The van der Waals surface area contributed by atoms with Gasteiger partial charge < -0.3 is 9.84 Å². The lowest BCUT2D eigenvalue weighted by Crippen LogP contribution is -2.17. The Labute approximate surface area is 120 Å². The maximum atomic E-state index is 5.50. The average Bonchev–Trinajstić information content (AvgIpc) is 3.17. The van der Waals surface area contributed by atoms with Crippen LogP contribution in [-0.4, -0.2) is 16.7 Å². The van der Waals surface area contributed by atoms with Gasteiger partial charge in [-0.15, -0.1) is 0 Å². The van der Waals surface area contributed by atoms with E-state index in [0.717, 1.165) is 18.5 Å². The van der Waals surface area contributed by atoms with Crippen molar-refractivity contribution in [3.63, 3.8) is 0 Å². The second-order valence-corrected chi connectivity index (χ2v) is 5.60. The highest BCUT2D eigenvalue weighted by Crippen LogP contribution is 2.36. The first-order chi connectivity index (χ1) is 9.92. The van der Waals surface area contributed by atoms with Gasteiger partial charge >= 0.3 is 0 Å². The van der Waals surface area contributed by atoms with E-state index in [9.17, 15) is 0 Å². The minimum Gasteiger partial charge on any atom is -0.385 e. The third kappa shape index (κ3) is 1.91. The van der Waals surface area contributed by atoms with Crippen molar-refractivity contribution in [3.05, 3.63) is 52.5 Å². The van der Waals surface area contributed by atoms with Gasteiger partial charge in [0.05, 0.1) is 5.92 Å². The third-order valence-corrected chi connectivity index (χ3v) is 4.29. The third-order valence-electron chi connectivity index (χ3n) is 3.60. The van der Waals surface area contributed by atoms with Crippen molar-refractivity contribution < 1.29 is 4.52 Å². The zero-order chi connectivity index (χ0) is 13.4. The normalized spacial score (nSPS) is 17.5. The highest BCUT2D eigenvalue weighted by atomic mass is 32.1. The summed E-state index contributed by atoms with van der Waals surface area (Å²) < 4.78 is 5.50. The molecule has 4 rings (SSSR count). The Bertz CT molecular complexity index is 720. The Balaban J connectivity index is 1.72. The van der Waals surface area contributed by atoms with Gasteiger partial charge in [0.25, 0.3) is 0 Å². The first-order valence-corrected chi connectivity index (χ1v) is 7.55. The van der Waals surface area contributed by atoms with E-state index >= 15 is 0 Å². The lowest BCUT2D eigenvalue weighted by molar-refractivity contribution is 0.361. The van der Waals surface area contributed by atoms with Crippen molar-refractivity contribution in [2.75, 3.05) is 11.9 Å². The summed E-state index contributed by atoms with van der Waals surface area (Å²) in [5.41, 5.74) is 3.42. The largest absolute Gasteiger partial charge is 0.385 e. The van der Waals surface area contributed by atoms with E-state index in [0.29, 0.717) is 11.7 Å². The molecule has 3 aromatic rings. The molecule has 0 saturated carbocycles. The van der Waals surface area contributed by atoms with Gasteiger partial charge in [0.15, 0.2) is 0 Å². The number of thiophene rings is 1. The number of nitrogens with one attached hydrogen (secondary N) is 1. The minimum atomic E-state index is 0.187. The number of para-hydroxylation sites is 1. The molecule has 1 N–H and O–H groups in total. The molecule has 3 heterocycles. The molecule has 0 radical (unpaired) electrons. The number of aromatic nitrogens is 2. The van der Waals surface area contributed by atoms with Crippen LogP contribution < -0.4 is 5.32 Å². The predicted molar refractivity (Wildman–Crippen MR) is 79.0 cm³/mol. The molecule has 1 aromatic carbocycles. The minimum absolute atomic E-state index is 0.187. The fraction of sp³-hybridized carbons (Fsp3) is 0.200. The smallest absolute Gasteiger partial charge is 0.234 e. The van der Waals surface area contributed by atoms with Crippen molar-refractivity contribution in [1.82, 2.24) is 10.1 Å². The molecule has 5 heteroatoms. The van der Waals surface area contributed by atoms with Crippen LogP contribution in [0.4, 0.5) is 5.69 Å². The number of benzene rings is 1. The second kappa shape index (κ2) is 4.76. The topological polar surface area (TPSA) is 51.0 Å². The maximum absolute atomic E-state index is 5.50. The molecule has 100 valence electrons. The van der Waals surface area contributed by atoms with Gasteiger partial charge in [-0.05, 0) is 29.5 Å². The van der Waals surface area contributed by atoms with Crippen LogP contribution in [0.25, 0.3) is 11.4 Å². The van der Waals surface area contributed by atoms with E-state index < -0.39 is 0 Å². The van der Waals surface area contributed by atoms with Crippen molar-refractivity contribution in [2.45, 2.75) is 12.3 Å². The molecule has 0 bridgehead atoms. The van der Waals surface area contributed by atoms with Crippen LogP contribution in [0.1, 0.15) is 23.8 Å². The Morgan fingerprint density at radius 2 is 2.20 bits per heavy atom. The highest BCUT2D eigenvalue weighted by Gasteiger charge is 2.26. The van der Waals surface area contributed by atoms with E-state index in [1.165, 1.54) is 11.3 Å². The molecule has 1 aliphatic heterocycles. The molecular weight excluding hydrogens is 270 g/mol. The highest BCUT2D eigenvalue weighted by molar-refractivity contribution is 7.08. The van der Waals surface area contributed by atoms with E-state index in [1.54, 1.807) is 11.3 Å². The van der Waals surface area contributed by atoms with Gasteiger partial charge in [-0.1, -0.05) is 23.4 Å². The second-order valence-electron chi connectivity index (χ2n) is 4.82. The number of fused-ring (bicyclic) bond motifs is 1. The Morgan fingerprint density at radius 1 is 1.25 bits per heavy atom. The fourth-order valence-corrected chi connectivity index (χ4v) is 3.25. The SMILES string of the molecule is c1ccc2c(c1)NCCC2c1nc(-c2ccsc2)no1. The zero-order valence-corrected chi connectivity index (χ0v) is 11.6. The lowest BCUT2D eigenvalue weighted by atomic mass is 9.91. The Kier molecular flexibility index (Phi) is 2.77. The van der Waals surface area contributed by atoms with Crippen molar-refractivity contribution in [2.24, 2.45) is 0 Å². The number of anilines is 1.